The van der Waals surface area contributed by atoms with Crippen LogP contribution in [-0.4, -0.2) is 24.1 Å². The third kappa shape index (κ3) is 5.06. The summed E-state index contributed by atoms with van der Waals surface area (Å²) in [6.45, 7) is 1.71. The van der Waals surface area contributed by atoms with E-state index in [1.807, 2.05) is 0 Å². The normalized spacial score (nSPS) is 13.5. The van der Waals surface area contributed by atoms with E-state index in [2.05, 4.69) is 4.74 Å². The summed E-state index contributed by atoms with van der Waals surface area (Å²) in [5.74, 6) is -0.281. The highest BCUT2D eigenvalue weighted by Gasteiger charge is 2.31. The Kier molecular flexibility index (Phi) is 4.36. The molecule has 96 valence electrons. The van der Waals surface area contributed by atoms with Gasteiger partial charge in [0.15, 0.2) is 0 Å². The van der Waals surface area contributed by atoms with Crippen LogP contribution in [0.1, 0.15) is 11.1 Å². The van der Waals surface area contributed by atoms with Crippen molar-refractivity contribution in [1.82, 2.24) is 0 Å². The van der Waals surface area contributed by atoms with E-state index in [1.54, 1.807) is 13.0 Å². The molecule has 1 aromatic rings. The van der Waals surface area contributed by atoms with Crippen molar-refractivity contribution in [1.29, 1.82) is 0 Å². The number of aliphatic hydroxyl groups excluding tert-OH is 1. The van der Waals surface area contributed by atoms with E-state index in [-0.39, 0.29) is 18.7 Å². The number of hydrogen-bond donors (Lipinski definition) is 2. The molecule has 0 aromatic heterocycles. The SMILES string of the molecule is Cc1cc(C[C@H](O)CN)cc(OC(F)(F)F)c1. The fraction of sp³-hybridized carbons (Fsp3) is 0.455. The Bertz CT molecular complexity index is 379. The van der Waals surface area contributed by atoms with E-state index in [1.165, 1.54) is 12.1 Å². The van der Waals surface area contributed by atoms with Gasteiger partial charge in [0, 0.05) is 6.54 Å². The molecule has 6 heteroatoms. The van der Waals surface area contributed by atoms with Crippen LogP contribution >= 0.6 is 0 Å². The maximum absolute atomic E-state index is 12.0. The van der Waals surface area contributed by atoms with Crippen molar-refractivity contribution in [3.8, 4) is 5.75 Å². The summed E-state index contributed by atoms with van der Waals surface area (Å²) in [7, 11) is 0. The Labute approximate surface area is 97.0 Å². The van der Waals surface area contributed by atoms with Gasteiger partial charge in [0.05, 0.1) is 6.10 Å². The van der Waals surface area contributed by atoms with E-state index in [9.17, 15) is 18.3 Å². The van der Waals surface area contributed by atoms with Crippen molar-refractivity contribution >= 4 is 0 Å². The van der Waals surface area contributed by atoms with Crippen LogP contribution in [-0.2, 0) is 6.42 Å². The predicted octanol–water partition coefficient (Wildman–Crippen LogP) is 1.76. The van der Waals surface area contributed by atoms with Gasteiger partial charge in [-0.25, -0.2) is 0 Å². The van der Waals surface area contributed by atoms with Crippen LogP contribution in [0.4, 0.5) is 13.2 Å². The van der Waals surface area contributed by atoms with Gasteiger partial charge < -0.3 is 15.6 Å². The molecule has 0 aliphatic rings. The average Bonchev–Trinajstić information content (AvgIpc) is 2.13. The molecule has 1 atom stereocenters. The van der Waals surface area contributed by atoms with Gasteiger partial charge in [-0.1, -0.05) is 6.07 Å². The number of ether oxygens (including phenoxy) is 1. The van der Waals surface area contributed by atoms with Crippen molar-refractivity contribution in [3.63, 3.8) is 0 Å². The molecule has 3 N–H and O–H groups in total. The number of halogens is 3. The first-order chi connectivity index (χ1) is 7.80. The van der Waals surface area contributed by atoms with Crippen molar-refractivity contribution in [3.05, 3.63) is 29.3 Å². The second kappa shape index (κ2) is 5.37. The topological polar surface area (TPSA) is 55.5 Å². The Morgan fingerprint density at radius 3 is 2.53 bits per heavy atom. The highest BCUT2D eigenvalue weighted by Crippen LogP contribution is 2.25. The molecule has 1 aromatic carbocycles. The third-order valence-corrected chi connectivity index (χ3v) is 2.09. The molecule has 0 saturated carbocycles. The van der Waals surface area contributed by atoms with E-state index in [0.717, 1.165) is 0 Å². The van der Waals surface area contributed by atoms with Crippen LogP contribution in [0, 0.1) is 6.92 Å². The molecule has 0 aliphatic heterocycles. The molecule has 1 rings (SSSR count). The molecule has 3 nitrogen and oxygen atoms in total. The molecule has 17 heavy (non-hydrogen) atoms. The van der Waals surface area contributed by atoms with Crippen LogP contribution in [0.5, 0.6) is 5.75 Å². The molecule has 0 saturated heterocycles. The fourth-order valence-electron chi connectivity index (χ4n) is 1.49. The molecule has 0 aliphatic carbocycles. The molecule has 0 amide bonds. The lowest BCUT2D eigenvalue weighted by atomic mass is 10.1. The summed E-state index contributed by atoms with van der Waals surface area (Å²) in [5.41, 5.74) is 6.42. The Morgan fingerprint density at radius 1 is 1.35 bits per heavy atom. The number of nitrogens with two attached hydrogens (primary N) is 1. The number of rotatable bonds is 4. The summed E-state index contributed by atoms with van der Waals surface area (Å²) in [5, 5.41) is 9.34. The summed E-state index contributed by atoms with van der Waals surface area (Å²) >= 11 is 0. The quantitative estimate of drug-likeness (QED) is 0.854. The number of benzene rings is 1. The van der Waals surface area contributed by atoms with Crippen molar-refractivity contribution in [2.45, 2.75) is 25.8 Å². The Morgan fingerprint density at radius 2 is 2.00 bits per heavy atom. The van der Waals surface area contributed by atoms with Crippen molar-refractivity contribution in [2.75, 3.05) is 6.54 Å². The van der Waals surface area contributed by atoms with Crippen molar-refractivity contribution < 1.29 is 23.0 Å². The highest BCUT2D eigenvalue weighted by molar-refractivity contribution is 5.34. The first-order valence-corrected chi connectivity index (χ1v) is 5.04. The monoisotopic (exact) mass is 249 g/mol. The Hall–Kier alpha value is -1.27. The standard InChI is InChI=1S/C11H14F3NO2/c1-7-2-8(4-9(16)6-15)5-10(3-7)17-11(12,13)14/h2-3,5,9,16H,4,6,15H2,1H3/t9-/m0/s1. The smallest absolute Gasteiger partial charge is 0.406 e. The first kappa shape index (κ1) is 13.8. The molecule has 0 spiro atoms. The van der Waals surface area contributed by atoms with Gasteiger partial charge in [-0.3, -0.25) is 0 Å². The zero-order valence-electron chi connectivity index (χ0n) is 9.29. The van der Waals surface area contributed by atoms with Gasteiger partial charge in [0.1, 0.15) is 5.75 Å². The molecule has 0 fully saturated rings. The largest absolute Gasteiger partial charge is 0.573 e. The van der Waals surface area contributed by atoms with Gasteiger partial charge in [-0.05, 0) is 36.6 Å². The van der Waals surface area contributed by atoms with Gasteiger partial charge >= 0.3 is 6.36 Å². The number of aryl methyl sites for hydroxylation is 1. The molecule has 0 radical (unpaired) electrons. The van der Waals surface area contributed by atoms with E-state index in [4.69, 9.17) is 5.73 Å². The second-order valence-electron chi connectivity index (χ2n) is 3.80. The van der Waals surface area contributed by atoms with Gasteiger partial charge in [0.2, 0.25) is 0 Å². The zero-order valence-corrected chi connectivity index (χ0v) is 9.29. The van der Waals surface area contributed by atoms with Gasteiger partial charge in [-0.15, -0.1) is 13.2 Å². The van der Waals surface area contributed by atoms with Crippen LogP contribution in [0.3, 0.4) is 0 Å². The van der Waals surface area contributed by atoms with E-state index in [0.29, 0.717) is 11.1 Å². The number of aliphatic hydroxyl groups is 1. The third-order valence-electron chi connectivity index (χ3n) is 2.09. The second-order valence-corrected chi connectivity index (χ2v) is 3.80. The van der Waals surface area contributed by atoms with E-state index >= 15 is 0 Å². The van der Waals surface area contributed by atoms with Crippen LogP contribution < -0.4 is 10.5 Å². The van der Waals surface area contributed by atoms with Crippen molar-refractivity contribution in [2.24, 2.45) is 5.73 Å². The molecule has 0 bridgehead atoms. The molecular formula is C11H14F3NO2. The maximum atomic E-state index is 12.0. The molecule has 0 unspecified atom stereocenters. The minimum absolute atomic E-state index is 0.0589. The Balaban J connectivity index is 2.86. The zero-order chi connectivity index (χ0) is 13.1. The van der Waals surface area contributed by atoms with E-state index < -0.39 is 12.5 Å². The minimum Gasteiger partial charge on any atom is -0.406 e. The molecular weight excluding hydrogens is 235 g/mol. The lowest BCUT2D eigenvalue weighted by Gasteiger charge is -2.13. The summed E-state index contributed by atoms with van der Waals surface area (Å²) in [4.78, 5) is 0. The van der Waals surface area contributed by atoms with Gasteiger partial charge in [0.25, 0.3) is 0 Å². The average molecular weight is 249 g/mol. The van der Waals surface area contributed by atoms with Gasteiger partial charge in [-0.2, -0.15) is 0 Å². The summed E-state index contributed by atoms with van der Waals surface area (Å²) in [6.07, 6.45) is -5.28. The number of hydrogen-bond acceptors (Lipinski definition) is 3. The van der Waals surface area contributed by atoms with Crippen LogP contribution in [0.15, 0.2) is 18.2 Å². The predicted molar refractivity (Wildman–Crippen MR) is 56.6 cm³/mol. The lowest BCUT2D eigenvalue weighted by molar-refractivity contribution is -0.274. The summed E-state index contributed by atoms with van der Waals surface area (Å²) in [6, 6.07) is 4.22. The number of alkyl halides is 3. The minimum atomic E-state index is -4.71. The van der Waals surface area contributed by atoms with Crippen LogP contribution in [0.25, 0.3) is 0 Å². The molecule has 0 heterocycles. The highest BCUT2D eigenvalue weighted by atomic mass is 19.4. The lowest BCUT2D eigenvalue weighted by Crippen LogP contribution is -2.22. The first-order valence-electron chi connectivity index (χ1n) is 5.04. The summed E-state index contributed by atoms with van der Waals surface area (Å²) < 4.78 is 40.0. The van der Waals surface area contributed by atoms with Crippen LogP contribution in [0.2, 0.25) is 0 Å². The maximum Gasteiger partial charge on any atom is 0.573 e. The fourth-order valence-corrected chi connectivity index (χ4v) is 1.49.